The molecule has 3 aromatic rings. The second-order valence-corrected chi connectivity index (χ2v) is 6.92. The summed E-state index contributed by atoms with van der Waals surface area (Å²) in [5.41, 5.74) is 6.93. The number of hydrogen-bond acceptors (Lipinski definition) is 4. The summed E-state index contributed by atoms with van der Waals surface area (Å²) >= 11 is 12.0. The molecule has 4 nitrogen and oxygen atoms in total. The Morgan fingerprint density at radius 2 is 1.81 bits per heavy atom. The summed E-state index contributed by atoms with van der Waals surface area (Å²) in [7, 11) is 0. The van der Waals surface area contributed by atoms with Crippen LogP contribution in [0.1, 0.15) is 22.3 Å². The molecule has 0 fully saturated rings. The number of rotatable bonds is 6. The highest BCUT2D eigenvalue weighted by Crippen LogP contribution is 2.27. The van der Waals surface area contributed by atoms with Gasteiger partial charge in [-0.25, -0.2) is 4.98 Å². The Bertz CT molecular complexity index is 936. The van der Waals surface area contributed by atoms with Crippen molar-refractivity contribution in [1.29, 1.82) is 0 Å². The van der Waals surface area contributed by atoms with Crippen LogP contribution in [0.5, 0.6) is 5.75 Å². The van der Waals surface area contributed by atoms with Crippen LogP contribution in [0.4, 0.5) is 5.82 Å². The Kier molecular flexibility index (Phi) is 6.32. The third kappa shape index (κ3) is 5.22. The van der Waals surface area contributed by atoms with Crippen molar-refractivity contribution >= 4 is 35.2 Å². The van der Waals surface area contributed by atoms with Gasteiger partial charge in [-0.2, -0.15) is 5.10 Å². The smallest absolute Gasteiger partial charge is 0.146 e. The van der Waals surface area contributed by atoms with Crippen LogP contribution in [-0.4, -0.2) is 11.2 Å². The fraction of sp³-hybridized carbons (Fsp3) is 0.143. The normalized spacial score (nSPS) is 11.0. The lowest BCUT2D eigenvalue weighted by Crippen LogP contribution is -2.00. The predicted molar refractivity (Wildman–Crippen MR) is 112 cm³/mol. The summed E-state index contributed by atoms with van der Waals surface area (Å²) in [6.45, 7) is 4.45. The monoisotopic (exact) mass is 399 g/mol. The van der Waals surface area contributed by atoms with E-state index in [9.17, 15) is 0 Å². The molecule has 0 aliphatic heterocycles. The van der Waals surface area contributed by atoms with Crippen molar-refractivity contribution in [1.82, 2.24) is 4.98 Å². The summed E-state index contributed by atoms with van der Waals surface area (Å²) in [5, 5.41) is 5.29. The molecule has 0 saturated carbocycles. The highest BCUT2D eigenvalue weighted by atomic mass is 35.5. The Labute approximate surface area is 168 Å². The van der Waals surface area contributed by atoms with E-state index < -0.39 is 0 Å². The van der Waals surface area contributed by atoms with Crippen molar-refractivity contribution in [2.24, 2.45) is 5.10 Å². The molecule has 3 rings (SSSR count). The molecule has 0 aliphatic rings. The number of nitrogens with one attached hydrogen (secondary N) is 1. The number of hydrazone groups is 1. The minimum absolute atomic E-state index is 0.424. The van der Waals surface area contributed by atoms with E-state index in [-0.39, 0.29) is 0 Å². The molecule has 0 amide bonds. The molecule has 1 N–H and O–H groups in total. The SMILES string of the molecule is Cc1cc(/C=N/Nc2ccccn2)cc(C)c1OCc1ccc(Cl)c(Cl)c1. The molecule has 0 spiro atoms. The molecule has 0 atom stereocenters. The van der Waals surface area contributed by atoms with Gasteiger partial charge >= 0.3 is 0 Å². The van der Waals surface area contributed by atoms with E-state index in [1.165, 1.54) is 0 Å². The molecule has 0 aliphatic carbocycles. The Balaban J connectivity index is 1.68. The lowest BCUT2D eigenvalue weighted by Gasteiger charge is -2.13. The summed E-state index contributed by atoms with van der Waals surface area (Å²) in [6, 6.07) is 15.2. The van der Waals surface area contributed by atoms with Gasteiger partial charge in [0.15, 0.2) is 0 Å². The number of halogens is 2. The summed E-state index contributed by atoms with van der Waals surface area (Å²) in [6.07, 6.45) is 3.48. The van der Waals surface area contributed by atoms with E-state index in [1.807, 2.05) is 56.3 Å². The molecule has 1 aromatic heterocycles. The standard InChI is InChI=1S/C21H19Cl2N3O/c1-14-9-17(12-25-26-20-5-3-4-8-24-20)10-15(2)21(14)27-13-16-6-7-18(22)19(23)11-16/h3-12H,13H2,1-2H3,(H,24,26)/b25-12+. The fourth-order valence-corrected chi connectivity index (χ4v) is 2.99. The number of nitrogens with zero attached hydrogens (tertiary/aromatic N) is 2. The first-order valence-corrected chi connectivity index (χ1v) is 9.16. The van der Waals surface area contributed by atoms with Gasteiger partial charge in [-0.05, 0) is 72.5 Å². The Morgan fingerprint density at radius 3 is 2.48 bits per heavy atom. The number of pyridine rings is 1. The first-order chi connectivity index (χ1) is 13.0. The number of benzene rings is 2. The first kappa shape index (κ1) is 19.2. The zero-order valence-corrected chi connectivity index (χ0v) is 16.6. The van der Waals surface area contributed by atoms with Crippen molar-refractivity contribution in [2.75, 3.05) is 5.43 Å². The van der Waals surface area contributed by atoms with Gasteiger partial charge in [0.2, 0.25) is 0 Å². The lowest BCUT2D eigenvalue weighted by molar-refractivity contribution is 0.302. The Morgan fingerprint density at radius 1 is 1.04 bits per heavy atom. The molecule has 6 heteroatoms. The van der Waals surface area contributed by atoms with Gasteiger partial charge in [0.05, 0.1) is 16.3 Å². The molecule has 0 radical (unpaired) electrons. The van der Waals surface area contributed by atoms with Crippen LogP contribution in [0.15, 0.2) is 59.8 Å². The predicted octanol–water partition coefficient (Wildman–Crippen LogP) is 6.03. The first-order valence-electron chi connectivity index (χ1n) is 8.41. The maximum absolute atomic E-state index is 6.06. The zero-order chi connectivity index (χ0) is 19.2. The quantitative estimate of drug-likeness (QED) is 0.406. The molecular weight excluding hydrogens is 381 g/mol. The molecule has 1 heterocycles. The minimum atomic E-state index is 0.424. The summed E-state index contributed by atoms with van der Waals surface area (Å²) in [4.78, 5) is 4.16. The summed E-state index contributed by atoms with van der Waals surface area (Å²) < 4.78 is 6.01. The van der Waals surface area contributed by atoms with Gasteiger partial charge in [0.25, 0.3) is 0 Å². The van der Waals surface area contributed by atoms with E-state index in [0.717, 1.165) is 28.0 Å². The van der Waals surface area contributed by atoms with Gasteiger partial charge in [0.1, 0.15) is 18.2 Å². The van der Waals surface area contributed by atoms with Gasteiger partial charge < -0.3 is 4.74 Å². The number of ether oxygens (including phenoxy) is 1. The number of aryl methyl sites for hydroxylation is 2. The van der Waals surface area contributed by atoms with Crippen LogP contribution >= 0.6 is 23.2 Å². The van der Waals surface area contributed by atoms with Gasteiger partial charge in [-0.1, -0.05) is 35.3 Å². The molecule has 27 heavy (non-hydrogen) atoms. The molecule has 0 bridgehead atoms. The van der Waals surface area contributed by atoms with Crippen molar-refractivity contribution in [2.45, 2.75) is 20.5 Å². The molecule has 0 unspecified atom stereocenters. The zero-order valence-electron chi connectivity index (χ0n) is 15.0. The van der Waals surface area contributed by atoms with Gasteiger partial charge in [-0.3, -0.25) is 5.43 Å². The second-order valence-electron chi connectivity index (χ2n) is 6.11. The molecule has 2 aromatic carbocycles. The van der Waals surface area contributed by atoms with Crippen LogP contribution in [0, 0.1) is 13.8 Å². The molecular formula is C21H19Cl2N3O. The van der Waals surface area contributed by atoms with E-state index in [1.54, 1.807) is 18.5 Å². The van der Waals surface area contributed by atoms with Gasteiger partial charge in [-0.15, -0.1) is 0 Å². The average Bonchev–Trinajstić information content (AvgIpc) is 2.65. The maximum atomic E-state index is 6.06. The Hall–Kier alpha value is -2.56. The van der Waals surface area contributed by atoms with E-state index >= 15 is 0 Å². The van der Waals surface area contributed by atoms with Crippen LogP contribution in [-0.2, 0) is 6.61 Å². The topological polar surface area (TPSA) is 46.5 Å². The number of aromatic nitrogens is 1. The second kappa shape index (κ2) is 8.89. The van der Waals surface area contributed by atoms with Crippen LogP contribution < -0.4 is 10.2 Å². The third-order valence-electron chi connectivity index (χ3n) is 3.91. The highest BCUT2D eigenvalue weighted by molar-refractivity contribution is 6.42. The summed E-state index contributed by atoms with van der Waals surface area (Å²) in [5.74, 6) is 1.56. The van der Waals surface area contributed by atoms with E-state index in [0.29, 0.717) is 22.5 Å². The van der Waals surface area contributed by atoms with Gasteiger partial charge in [0, 0.05) is 6.20 Å². The number of hydrogen-bond donors (Lipinski definition) is 1. The molecule has 138 valence electrons. The largest absolute Gasteiger partial charge is 0.488 e. The highest BCUT2D eigenvalue weighted by Gasteiger charge is 2.07. The van der Waals surface area contributed by atoms with Crippen LogP contribution in [0.2, 0.25) is 10.0 Å². The molecule has 0 saturated heterocycles. The average molecular weight is 400 g/mol. The third-order valence-corrected chi connectivity index (χ3v) is 4.65. The van der Waals surface area contributed by atoms with Crippen molar-refractivity contribution < 1.29 is 4.74 Å². The van der Waals surface area contributed by atoms with Crippen molar-refractivity contribution in [3.63, 3.8) is 0 Å². The maximum Gasteiger partial charge on any atom is 0.146 e. The lowest BCUT2D eigenvalue weighted by atomic mass is 10.1. The van der Waals surface area contributed by atoms with Crippen LogP contribution in [0.3, 0.4) is 0 Å². The van der Waals surface area contributed by atoms with E-state index in [2.05, 4.69) is 15.5 Å². The number of anilines is 1. The minimum Gasteiger partial charge on any atom is -0.488 e. The fourth-order valence-electron chi connectivity index (χ4n) is 2.67. The van der Waals surface area contributed by atoms with Crippen LogP contribution in [0.25, 0.3) is 0 Å². The van der Waals surface area contributed by atoms with Crippen molar-refractivity contribution in [3.8, 4) is 5.75 Å². The van der Waals surface area contributed by atoms with E-state index in [4.69, 9.17) is 27.9 Å². The van der Waals surface area contributed by atoms with Crippen molar-refractivity contribution in [3.05, 3.63) is 87.0 Å².